The summed E-state index contributed by atoms with van der Waals surface area (Å²) in [6.07, 6.45) is 1.04. The van der Waals surface area contributed by atoms with Gasteiger partial charge in [0.25, 0.3) is 5.91 Å². The van der Waals surface area contributed by atoms with Gasteiger partial charge in [0.05, 0.1) is 5.69 Å². The molecule has 0 unspecified atom stereocenters. The number of carbonyl (C=O) groups excluding carboxylic acids is 1. The highest BCUT2D eigenvalue weighted by molar-refractivity contribution is 5.97. The number of benzene rings is 1. The number of hydrogen-bond donors (Lipinski definition) is 2. The van der Waals surface area contributed by atoms with E-state index < -0.39 is 17.5 Å². The Balaban J connectivity index is 2.86. The van der Waals surface area contributed by atoms with E-state index in [2.05, 4.69) is 10.6 Å². The topological polar surface area (TPSA) is 64.9 Å². The molecule has 0 atom stereocenters. The number of carbonyl (C=O) groups is 1. The fourth-order valence-electron chi connectivity index (χ4n) is 1.25. The van der Waals surface area contributed by atoms with Crippen molar-refractivity contribution in [1.29, 1.82) is 5.26 Å². The molecule has 1 rings (SSSR count). The molecule has 6 heteroatoms. The van der Waals surface area contributed by atoms with Crippen LogP contribution < -0.4 is 10.6 Å². The summed E-state index contributed by atoms with van der Waals surface area (Å²) in [5.41, 5.74) is -0.373. The van der Waals surface area contributed by atoms with Crippen molar-refractivity contribution in [2.75, 3.05) is 5.32 Å². The second kappa shape index (κ2) is 6.50. The fraction of sp³-hybridized carbons (Fsp3) is 0.231. The van der Waals surface area contributed by atoms with E-state index in [-0.39, 0.29) is 17.3 Å². The van der Waals surface area contributed by atoms with Gasteiger partial charge in [-0.05, 0) is 26.0 Å². The van der Waals surface area contributed by atoms with E-state index in [1.54, 1.807) is 19.9 Å². The van der Waals surface area contributed by atoms with Gasteiger partial charge in [-0.3, -0.25) is 4.79 Å². The van der Waals surface area contributed by atoms with E-state index in [0.29, 0.717) is 0 Å². The smallest absolute Gasteiger partial charge is 0.263 e. The number of nitrogens with one attached hydrogen (secondary N) is 2. The Kier molecular flexibility index (Phi) is 5.01. The Morgan fingerprint density at radius 1 is 1.42 bits per heavy atom. The van der Waals surface area contributed by atoms with E-state index in [1.807, 2.05) is 0 Å². The van der Waals surface area contributed by atoms with Crippen LogP contribution in [0.2, 0.25) is 0 Å². The zero-order valence-corrected chi connectivity index (χ0v) is 10.5. The molecule has 0 radical (unpaired) electrons. The molecule has 2 N–H and O–H groups in total. The first kappa shape index (κ1) is 14.6. The quantitative estimate of drug-likeness (QED) is 0.648. The Morgan fingerprint density at radius 2 is 2.11 bits per heavy atom. The summed E-state index contributed by atoms with van der Waals surface area (Å²) in [6.45, 7) is 3.49. The van der Waals surface area contributed by atoms with Crippen LogP contribution in [0.5, 0.6) is 0 Å². The average molecular weight is 265 g/mol. The molecular weight excluding hydrogens is 252 g/mol. The molecule has 100 valence electrons. The Morgan fingerprint density at radius 3 is 2.68 bits per heavy atom. The number of rotatable bonds is 4. The van der Waals surface area contributed by atoms with Crippen molar-refractivity contribution in [2.24, 2.45) is 0 Å². The Bertz CT molecular complexity index is 547. The molecule has 0 aliphatic heterocycles. The van der Waals surface area contributed by atoms with Crippen molar-refractivity contribution >= 4 is 11.6 Å². The number of anilines is 1. The van der Waals surface area contributed by atoms with Gasteiger partial charge >= 0.3 is 0 Å². The lowest BCUT2D eigenvalue weighted by molar-refractivity contribution is -0.117. The summed E-state index contributed by atoms with van der Waals surface area (Å²) in [7, 11) is 0. The molecule has 0 bridgehead atoms. The lowest BCUT2D eigenvalue weighted by Crippen LogP contribution is -2.31. The largest absolute Gasteiger partial charge is 0.358 e. The van der Waals surface area contributed by atoms with Gasteiger partial charge in [-0.25, -0.2) is 8.78 Å². The maximum Gasteiger partial charge on any atom is 0.263 e. The molecule has 0 heterocycles. The molecule has 0 aliphatic rings. The molecule has 0 spiro atoms. The molecule has 1 aromatic carbocycles. The number of nitrogens with zero attached hydrogens (tertiary/aromatic N) is 1. The summed E-state index contributed by atoms with van der Waals surface area (Å²) in [5.74, 6) is -1.89. The monoisotopic (exact) mass is 265 g/mol. The summed E-state index contributed by atoms with van der Waals surface area (Å²) in [6, 6.07) is 4.41. The third-order valence-electron chi connectivity index (χ3n) is 2.09. The average Bonchev–Trinajstić information content (AvgIpc) is 2.33. The highest BCUT2D eigenvalue weighted by atomic mass is 19.1. The summed E-state index contributed by atoms with van der Waals surface area (Å²) >= 11 is 0. The van der Waals surface area contributed by atoms with E-state index in [1.165, 1.54) is 0 Å². The van der Waals surface area contributed by atoms with Crippen LogP contribution in [-0.2, 0) is 4.79 Å². The van der Waals surface area contributed by atoms with Crippen molar-refractivity contribution in [3.05, 3.63) is 41.6 Å². The first-order valence-corrected chi connectivity index (χ1v) is 5.56. The van der Waals surface area contributed by atoms with Gasteiger partial charge in [0.2, 0.25) is 0 Å². The van der Waals surface area contributed by atoms with Crippen molar-refractivity contribution in [2.45, 2.75) is 19.9 Å². The van der Waals surface area contributed by atoms with Crippen molar-refractivity contribution in [3.8, 4) is 6.07 Å². The molecule has 4 nitrogen and oxygen atoms in total. The Hall–Kier alpha value is -2.42. The summed E-state index contributed by atoms with van der Waals surface area (Å²) < 4.78 is 26.2. The van der Waals surface area contributed by atoms with Crippen LogP contribution in [0, 0.1) is 23.0 Å². The van der Waals surface area contributed by atoms with Crippen molar-refractivity contribution in [3.63, 3.8) is 0 Å². The lowest BCUT2D eigenvalue weighted by atomic mass is 10.2. The minimum atomic E-state index is -0.681. The number of amides is 1. The van der Waals surface area contributed by atoms with E-state index in [0.717, 1.165) is 24.4 Å². The van der Waals surface area contributed by atoms with Gasteiger partial charge in [-0.2, -0.15) is 5.26 Å². The van der Waals surface area contributed by atoms with Crippen LogP contribution in [0.3, 0.4) is 0 Å². The summed E-state index contributed by atoms with van der Waals surface area (Å²) in [4.78, 5) is 11.5. The first-order chi connectivity index (χ1) is 8.93. The zero-order valence-electron chi connectivity index (χ0n) is 10.5. The maximum absolute atomic E-state index is 13.3. The highest BCUT2D eigenvalue weighted by Gasteiger charge is 2.10. The van der Waals surface area contributed by atoms with Gasteiger partial charge in [-0.1, -0.05) is 0 Å². The number of hydrogen-bond acceptors (Lipinski definition) is 3. The lowest BCUT2D eigenvalue weighted by Gasteiger charge is -2.08. The van der Waals surface area contributed by atoms with E-state index in [4.69, 9.17) is 5.26 Å². The van der Waals surface area contributed by atoms with Crippen molar-refractivity contribution in [1.82, 2.24) is 5.32 Å². The molecule has 1 aromatic rings. The molecule has 0 saturated heterocycles. The predicted octanol–water partition coefficient (Wildman–Crippen LogP) is 2.31. The SMILES string of the molecule is CC(C)NC(=O)/C(C#N)=C\Nc1cc(F)ccc1F. The van der Waals surface area contributed by atoms with E-state index in [9.17, 15) is 13.6 Å². The fourth-order valence-corrected chi connectivity index (χ4v) is 1.25. The van der Waals surface area contributed by atoms with Crippen LogP contribution in [0.25, 0.3) is 0 Å². The van der Waals surface area contributed by atoms with Crippen LogP contribution in [-0.4, -0.2) is 11.9 Å². The molecule has 0 aliphatic carbocycles. The van der Waals surface area contributed by atoms with Gasteiger partial charge in [0, 0.05) is 18.3 Å². The van der Waals surface area contributed by atoms with Gasteiger partial charge < -0.3 is 10.6 Å². The minimum Gasteiger partial charge on any atom is -0.358 e. The third kappa shape index (κ3) is 4.39. The Labute approximate surface area is 109 Å². The molecule has 0 aromatic heterocycles. The predicted molar refractivity (Wildman–Crippen MR) is 67.0 cm³/mol. The minimum absolute atomic E-state index is 0.129. The number of nitriles is 1. The normalized spacial score (nSPS) is 11.1. The third-order valence-corrected chi connectivity index (χ3v) is 2.09. The second-order valence-corrected chi connectivity index (χ2v) is 4.07. The van der Waals surface area contributed by atoms with E-state index >= 15 is 0 Å². The zero-order chi connectivity index (χ0) is 14.4. The van der Waals surface area contributed by atoms with Gasteiger partial charge in [0.1, 0.15) is 23.3 Å². The number of halogens is 2. The summed E-state index contributed by atoms with van der Waals surface area (Å²) in [5, 5.41) is 13.7. The molecular formula is C13H13F2N3O. The molecule has 0 saturated carbocycles. The van der Waals surface area contributed by atoms with Crippen LogP contribution in [0.4, 0.5) is 14.5 Å². The van der Waals surface area contributed by atoms with Gasteiger partial charge in [-0.15, -0.1) is 0 Å². The maximum atomic E-state index is 13.3. The van der Waals surface area contributed by atoms with Crippen LogP contribution >= 0.6 is 0 Å². The van der Waals surface area contributed by atoms with Crippen molar-refractivity contribution < 1.29 is 13.6 Å². The van der Waals surface area contributed by atoms with Crippen LogP contribution in [0.15, 0.2) is 30.0 Å². The molecule has 0 fully saturated rings. The molecule has 19 heavy (non-hydrogen) atoms. The highest BCUT2D eigenvalue weighted by Crippen LogP contribution is 2.15. The first-order valence-electron chi connectivity index (χ1n) is 5.56. The molecule has 1 amide bonds. The van der Waals surface area contributed by atoms with Gasteiger partial charge in [0.15, 0.2) is 0 Å². The van der Waals surface area contributed by atoms with Crippen LogP contribution in [0.1, 0.15) is 13.8 Å². The standard InChI is InChI=1S/C13H13F2N3O/c1-8(2)18-13(19)9(6-16)7-17-12-5-10(14)3-4-11(12)15/h3-5,7-8,17H,1-2H3,(H,18,19)/b9-7-. The second-order valence-electron chi connectivity index (χ2n) is 4.07.